The van der Waals surface area contributed by atoms with Crippen LogP contribution in [-0.4, -0.2) is 15.0 Å². The van der Waals surface area contributed by atoms with Crippen LogP contribution < -0.4 is 0 Å². The SMILES string of the molecule is CCCCc1c(C(C)C)nnn1CCCC. The van der Waals surface area contributed by atoms with Gasteiger partial charge in [-0.3, -0.25) is 0 Å². The third-order valence-electron chi connectivity index (χ3n) is 2.91. The highest BCUT2D eigenvalue weighted by atomic mass is 15.4. The van der Waals surface area contributed by atoms with Crippen LogP contribution in [0.5, 0.6) is 0 Å². The molecular weight excluding hydrogens is 198 g/mol. The normalized spacial score (nSPS) is 11.3. The summed E-state index contributed by atoms with van der Waals surface area (Å²) in [6, 6.07) is 0. The molecule has 1 aromatic rings. The highest BCUT2D eigenvalue weighted by Crippen LogP contribution is 2.18. The van der Waals surface area contributed by atoms with Crippen molar-refractivity contribution < 1.29 is 0 Å². The lowest BCUT2D eigenvalue weighted by Crippen LogP contribution is -2.07. The Kier molecular flexibility index (Phi) is 5.50. The molecule has 0 saturated heterocycles. The van der Waals surface area contributed by atoms with Gasteiger partial charge in [0.2, 0.25) is 0 Å². The Labute approximate surface area is 99.2 Å². The Morgan fingerprint density at radius 3 is 2.38 bits per heavy atom. The lowest BCUT2D eigenvalue weighted by atomic mass is 10.0. The zero-order valence-corrected chi connectivity index (χ0v) is 11.2. The molecule has 92 valence electrons. The fraction of sp³-hybridized carbons (Fsp3) is 0.846. The first-order chi connectivity index (χ1) is 7.70. The number of unbranched alkanes of at least 4 members (excludes halogenated alkanes) is 2. The van der Waals surface area contributed by atoms with Gasteiger partial charge in [-0.05, 0) is 25.2 Å². The lowest BCUT2D eigenvalue weighted by molar-refractivity contribution is 0.527. The first-order valence-corrected chi connectivity index (χ1v) is 6.62. The fourth-order valence-electron chi connectivity index (χ4n) is 1.88. The van der Waals surface area contributed by atoms with Gasteiger partial charge in [-0.1, -0.05) is 45.7 Å². The summed E-state index contributed by atoms with van der Waals surface area (Å²) >= 11 is 0. The molecule has 0 unspecified atom stereocenters. The molecule has 1 rings (SSSR count). The minimum absolute atomic E-state index is 0.488. The van der Waals surface area contributed by atoms with Crippen molar-refractivity contribution in [2.75, 3.05) is 0 Å². The van der Waals surface area contributed by atoms with Gasteiger partial charge in [0.05, 0.1) is 11.4 Å². The van der Waals surface area contributed by atoms with Gasteiger partial charge in [0, 0.05) is 6.54 Å². The summed E-state index contributed by atoms with van der Waals surface area (Å²) < 4.78 is 2.12. The van der Waals surface area contributed by atoms with Crippen LogP contribution in [0.15, 0.2) is 0 Å². The zero-order chi connectivity index (χ0) is 12.0. The summed E-state index contributed by atoms with van der Waals surface area (Å²) in [7, 11) is 0. The Morgan fingerprint density at radius 2 is 1.81 bits per heavy atom. The molecule has 0 fully saturated rings. The van der Waals surface area contributed by atoms with E-state index in [4.69, 9.17) is 0 Å². The maximum Gasteiger partial charge on any atom is 0.0884 e. The minimum atomic E-state index is 0.488. The molecule has 0 saturated carbocycles. The van der Waals surface area contributed by atoms with Gasteiger partial charge in [-0.15, -0.1) is 5.10 Å². The second kappa shape index (κ2) is 6.66. The highest BCUT2D eigenvalue weighted by molar-refractivity contribution is 5.14. The average molecular weight is 223 g/mol. The number of aromatic nitrogens is 3. The van der Waals surface area contributed by atoms with E-state index in [0.29, 0.717) is 5.92 Å². The minimum Gasteiger partial charge on any atom is -0.249 e. The highest BCUT2D eigenvalue weighted by Gasteiger charge is 2.14. The van der Waals surface area contributed by atoms with Gasteiger partial charge in [-0.2, -0.15) is 0 Å². The summed E-state index contributed by atoms with van der Waals surface area (Å²) in [6.45, 7) is 9.86. The Bertz CT molecular complexity index is 302. The predicted octanol–water partition coefficient (Wildman–Crippen LogP) is 3.54. The van der Waals surface area contributed by atoms with Gasteiger partial charge in [0.15, 0.2) is 0 Å². The van der Waals surface area contributed by atoms with E-state index in [0.717, 1.165) is 13.0 Å². The molecule has 1 aromatic heterocycles. The summed E-state index contributed by atoms with van der Waals surface area (Å²) in [5.41, 5.74) is 2.56. The van der Waals surface area contributed by atoms with Crippen LogP contribution in [0.1, 0.15) is 70.7 Å². The Balaban J connectivity index is 2.81. The second-order valence-electron chi connectivity index (χ2n) is 4.76. The molecule has 0 aliphatic heterocycles. The van der Waals surface area contributed by atoms with Crippen molar-refractivity contribution in [1.29, 1.82) is 0 Å². The molecule has 0 atom stereocenters. The third-order valence-corrected chi connectivity index (χ3v) is 2.91. The van der Waals surface area contributed by atoms with E-state index in [-0.39, 0.29) is 0 Å². The van der Waals surface area contributed by atoms with Gasteiger partial charge in [-0.25, -0.2) is 4.68 Å². The molecule has 0 radical (unpaired) electrons. The quantitative estimate of drug-likeness (QED) is 0.708. The standard InChI is InChI=1S/C13H25N3/c1-5-7-9-12-13(11(3)4)14-15-16(12)10-8-6-2/h11H,5-10H2,1-4H3. The van der Waals surface area contributed by atoms with Crippen LogP contribution in [-0.2, 0) is 13.0 Å². The molecule has 0 amide bonds. The van der Waals surface area contributed by atoms with Crippen LogP contribution in [0.4, 0.5) is 0 Å². The van der Waals surface area contributed by atoms with Gasteiger partial charge >= 0.3 is 0 Å². The largest absolute Gasteiger partial charge is 0.249 e. The summed E-state index contributed by atoms with van der Waals surface area (Å²) in [6.07, 6.45) is 6.00. The first kappa shape index (κ1) is 13.2. The molecule has 3 nitrogen and oxygen atoms in total. The van der Waals surface area contributed by atoms with E-state index in [9.17, 15) is 0 Å². The lowest BCUT2D eigenvalue weighted by Gasteiger charge is -2.08. The first-order valence-electron chi connectivity index (χ1n) is 6.62. The Hall–Kier alpha value is -0.860. The molecule has 16 heavy (non-hydrogen) atoms. The maximum absolute atomic E-state index is 4.33. The van der Waals surface area contributed by atoms with Crippen molar-refractivity contribution in [3.05, 3.63) is 11.4 Å². The number of nitrogens with zero attached hydrogens (tertiary/aromatic N) is 3. The van der Waals surface area contributed by atoms with E-state index in [1.165, 1.54) is 37.1 Å². The van der Waals surface area contributed by atoms with E-state index in [1.54, 1.807) is 0 Å². The topological polar surface area (TPSA) is 30.7 Å². The second-order valence-corrected chi connectivity index (χ2v) is 4.76. The van der Waals surface area contributed by atoms with Gasteiger partial charge < -0.3 is 0 Å². The van der Waals surface area contributed by atoms with Gasteiger partial charge in [0.1, 0.15) is 0 Å². The summed E-state index contributed by atoms with van der Waals surface area (Å²) in [4.78, 5) is 0. The van der Waals surface area contributed by atoms with Crippen molar-refractivity contribution in [1.82, 2.24) is 15.0 Å². The molecule has 1 heterocycles. The number of hydrogen-bond donors (Lipinski definition) is 0. The van der Waals surface area contributed by atoms with Crippen LogP contribution in [0.3, 0.4) is 0 Å². The summed E-state index contributed by atoms with van der Waals surface area (Å²) in [5, 5.41) is 8.63. The van der Waals surface area contributed by atoms with Gasteiger partial charge in [0.25, 0.3) is 0 Å². The predicted molar refractivity (Wildman–Crippen MR) is 67.6 cm³/mol. The zero-order valence-electron chi connectivity index (χ0n) is 11.2. The molecule has 3 heteroatoms. The molecule has 0 bridgehead atoms. The molecule has 0 spiro atoms. The van der Waals surface area contributed by atoms with E-state index in [2.05, 4.69) is 42.7 Å². The molecule has 0 aliphatic carbocycles. The summed E-state index contributed by atoms with van der Waals surface area (Å²) in [5.74, 6) is 0.488. The number of aryl methyl sites for hydroxylation is 1. The van der Waals surface area contributed by atoms with E-state index >= 15 is 0 Å². The Morgan fingerprint density at radius 1 is 1.12 bits per heavy atom. The monoisotopic (exact) mass is 223 g/mol. The molecule has 0 aliphatic rings. The number of hydrogen-bond acceptors (Lipinski definition) is 2. The molecule has 0 aromatic carbocycles. The third kappa shape index (κ3) is 3.32. The number of rotatable bonds is 7. The van der Waals surface area contributed by atoms with Crippen LogP contribution in [0.2, 0.25) is 0 Å². The fourth-order valence-corrected chi connectivity index (χ4v) is 1.88. The smallest absolute Gasteiger partial charge is 0.0884 e. The van der Waals surface area contributed by atoms with Crippen molar-refractivity contribution >= 4 is 0 Å². The van der Waals surface area contributed by atoms with Crippen LogP contribution in [0, 0.1) is 0 Å². The van der Waals surface area contributed by atoms with Crippen molar-refractivity contribution in [2.24, 2.45) is 0 Å². The van der Waals surface area contributed by atoms with E-state index in [1.807, 2.05) is 0 Å². The van der Waals surface area contributed by atoms with Crippen molar-refractivity contribution in [3.63, 3.8) is 0 Å². The van der Waals surface area contributed by atoms with Crippen LogP contribution >= 0.6 is 0 Å². The maximum atomic E-state index is 4.33. The molecule has 0 N–H and O–H groups in total. The van der Waals surface area contributed by atoms with Crippen molar-refractivity contribution in [3.8, 4) is 0 Å². The van der Waals surface area contributed by atoms with Crippen LogP contribution in [0.25, 0.3) is 0 Å². The van der Waals surface area contributed by atoms with Crippen molar-refractivity contribution in [2.45, 2.75) is 72.3 Å². The molecular formula is C13H25N3. The van der Waals surface area contributed by atoms with E-state index < -0.39 is 0 Å². The average Bonchev–Trinajstić information content (AvgIpc) is 2.66.